The molecular formula is C19H19BrN2O2. The van der Waals surface area contributed by atoms with Gasteiger partial charge in [0.15, 0.2) is 0 Å². The zero-order chi connectivity index (χ0) is 17.3. The fraction of sp³-hybridized carbons (Fsp3) is 0.263. The predicted octanol–water partition coefficient (Wildman–Crippen LogP) is 4.06. The van der Waals surface area contributed by atoms with Gasteiger partial charge in [-0.1, -0.05) is 24.3 Å². The van der Waals surface area contributed by atoms with Gasteiger partial charge in [-0.2, -0.15) is 0 Å². The van der Waals surface area contributed by atoms with Crippen molar-refractivity contribution >= 4 is 39.1 Å². The number of halogens is 1. The van der Waals surface area contributed by atoms with E-state index in [1.54, 1.807) is 4.90 Å². The van der Waals surface area contributed by atoms with Crippen molar-refractivity contribution in [2.24, 2.45) is 5.92 Å². The third-order valence-electron chi connectivity index (χ3n) is 4.29. The van der Waals surface area contributed by atoms with Crippen molar-refractivity contribution in [3.63, 3.8) is 0 Å². The largest absolute Gasteiger partial charge is 0.326 e. The second-order valence-electron chi connectivity index (χ2n) is 6.16. The molecule has 1 aliphatic heterocycles. The van der Waals surface area contributed by atoms with Crippen molar-refractivity contribution in [3.8, 4) is 0 Å². The number of rotatable bonds is 3. The summed E-state index contributed by atoms with van der Waals surface area (Å²) in [6, 6.07) is 13.5. The molecule has 1 N–H and O–H groups in total. The molecule has 1 heterocycles. The number of nitrogens with one attached hydrogen (secondary N) is 1. The lowest BCUT2D eigenvalue weighted by Gasteiger charge is -2.19. The minimum Gasteiger partial charge on any atom is -0.326 e. The van der Waals surface area contributed by atoms with Crippen LogP contribution < -0.4 is 10.2 Å². The van der Waals surface area contributed by atoms with Crippen molar-refractivity contribution in [1.82, 2.24) is 0 Å². The normalized spacial score (nSPS) is 17.2. The minimum atomic E-state index is -0.342. The predicted molar refractivity (Wildman–Crippen MR) is 99.1 cm³/mol. The number of para-hydroxylation sites is 1. The molecular weight excluding hydrogens is 368 g/mol. The second-order valence-corrected chi connectivity index (χ2v) is 7.02. The van der Waals surface area contributed by atoms with Gasteiger partial charge in [0.2, 0.25) is 11.8 Å². The van der Waals surface area contributed by atoms with E-state index in [9.17, 15) is 9.59 Å². The van der Waals surface area contributed by atoms with Crippen LogP contribution in [-0.4, -0.2) is 18.4 Å². The van der Waals surface area contributed by atoms with Gasteiger partial charge in [-0.25, -0.2) is 0 Å². The molecule has 3 rings (SSSR count). The zero-order valence-corrected chi connectivity index (χ0v) is 15.3. The highest BCUT2D eigenvalue weighted by Gasteiger charge is 2.35. The van der Waals surface area contributed by atoms with E-state index in [1.165, 1.54) is 0 Å². The first-order valence-electron chi connectivity index (χ1n) is 7.88. The van der Waals surface area contributed by atoms with Crippen LogP contribution in [0.5, 0.6) is 0 Å². The van der Waals surface area contributed by atoms with E-state index >= 15 is 0 Å². The van der Waals surface area contributed by atoms with Gasteiger partial charge >= 0.3 is 0 Å². The number of hydrogen-bond acceptors (Lipinski definition) is 2. The summed E-state index contributed by atoms with van der Waals surface area (Å²) in [6.07, 6.45) is 0.234. The summed E-state index contributed by atoms with van der Waals surface area (Å²) >= 11 is 3.51. The van der Waals surface area contributed by atoms with Gasteiger partial charge < -0.3 is 10.2 Å². The number of carbonyl (C=O) groups is 2. The number of benzene rings is 2. The number of aryl methyl sites for hydroxylation is 2. The Balaban J connectivity index is 1.74. The number of nitrogens with zero attached hydrogens (tertiary/aromatic N) is 1. The van der Waals surface area contributed by atoms with Crippen LogP contribution in [0.25, 0.3) is 0 Å². The van der Waals surface area contributed by atoms with Crippen LogP contribution in [0.2, 0.25) is 0 Å². The Morgan fingerprint density at radius 1 is 1.21 bits per heavy atom. The molecule has 0 spiro atoms. The van der Waals surface area contributed by atoms with Crippen molar-refractivity contribution in [2.45, 2.75) is 20.3 Å². The first kappa shape index (κ1) is 16.7. The van der Waals surface area contributed by atoms with E-state index in [4.69, 9.17) is 0 Å². The monoisotopic (exact) mass is 386 g/mol. The number of carbonyl (C=O) groups excluding carboxylic acids is 2. The van der Waals surface area contributed by atoms with Gasteiger partial charge in [-0.3, -0.25) is 9.59 Å². The Morgan fingerprint density at radius 2 is 1.96 bits per heavy atom. The molecule has 1 aliphatic rings. The summed E-state index contributed by atoms with van der Waals surface area (Å²) in [7, 11) is 0. The molecule has 24 heavy (non-hydrogen) atoms. The van der Waals surface area contributed by atoms with E-state index in [2.05, 4.69) is 21.2 Å². The molecule has 0 aromatic heterocycles. The highest BCUT2D eigenvalue weighted by molar-refractivity contribution is 9.10. The van der Waals surface area contributed by atoms with Crippen LogP contribution in [0.4, 0.5) is 11.4 Å². The SMILES string of the molecule is Cc1ccc(N2CC(C(=O)Nc3ccccc3C)CC2=O)c(Br)c1. The minimum absolute atomic E-state index is 0.0236. The van der Waals surface area contributed by atoms with E-state index in [0.29, 0.717) is 6.54 Å². The summed E-state index contributed by atoms with van der Waals surface area (Å²) in [4.78, 5) is 26.6. The van der Waals surface area contributed by atoms with Crippen LogP contribution in [0, 0.1) is 19.8 Å². The van der Waals surface area contributed by atoms with Gasteiger partial charge in [0, 0.05) is 23.1 Å². The molecule has 0 radical (unpaired) electrons. The first-order valence-corrected chi connectivity index (χ1v) is 8.68. The molecule has 0 aliphatic carbocycles. The average Bonchev–Trinajstić information content (AvgIpc) is 2.91. The summed E-state index contributed by atoms with van der Waals surface area (Å²) in [5.74, 6) is -0.474. The maximum absolute atomic E-state index is 12.5. The smallest absolute Gasteiger partial charge is 0.229 e. The maximum Gasteiger partial charge on any atom is 0.229 e. The number of anilines is 2. The summed E-state index contributed by atoms with van der Waals surface area (Å²) in [6.45, 7) is 4.35. The lowest BCUT2D eigenvalue weighted by atomic mass is 10.1. The third-order valence-corrected chi connectivity index (χ3v) is 4.93. The Bertz CT molecular complexity index is 804. The maximum atomic E-state index is 12.5. The van der Waals surface area contributed by atoms with Crippen molar-refractivity contribution in [1.29, 1.82) is 0 Å². The van der Waals surface area contributed by atoms with E-state index in [-0.39, 0.29) is 24.2 Å². The lowest BCUT2D eigenvalue weighted by molar-refractivity contribution is -0.122. The van der Waals surface area contributed by atoms with E-state index < -0.39 is 0 Å². The standard InChI is InChI=1S/C19H19BrN2O2/c1-12-7-8-17(15(20)9-12)22-11-14(10-18(22)23)19(24)21-16-6-4-3-5-13(16)2/h3-9,14H,10-11H2,1-2H3,(H,21,24). The summed E-state index contributed by atoms with van der Waals surface area (Å²) in [5, 5.41) is 2.94. The fourth-order valence-corrected chi connectivity index (χ4v) is 3.60. The van der Waals surface area contributed by atoms with Gasteiger partial charge in [-0.05, 0) is 59.1 Å². The van der Waals surface area contributed by atoms with Gasteiger partial charge in [0.25, 0.3) is 0 Å². The van der Waals surface area contributed by atoms with Crippen molar-refractivity contribution in [3.05, 3.63) is 58.1 Å². The fourth-order valence-electron chi connectivity index (χ4n) is 2.89. The Hall–Kier alpha value is -2.14. The Morgan fingerprint density at radius 3 is 2.67 bits per heavy atom. The van der Waals surface area contributed by atoms with Crippen LogP contribution in [0.15, 0.2) is 46.9 Å². The first-order chi connectivity index (χ1) is 11.5. The Kier molecular flexibility index (Phi) is 4.71. The molecule has 1 atom stereocenters. The average molecular weight is 387 g/mol. The molecule has 0 bridgehead atoms. The molecule has 2 aromatic rings. The second kappa shape index (κ2) is 6.77. The number of hydrogen-bond donors (Lipinski definition) is 1. The molecule has 0 saturated carbocycles. The molecule has 1 unspecified atom stereocenters. The molecule has 1 saturated heterocycles. The van der Waals surface area contributed by atoms with Gasteiger partial charge in [-0.15, -0.1) is 0 Å². The van der Waals surface area contributed by atoms with Crippen LogP contribution in [0.1, 0.15) is 17.5 Å². The summed E-state index contributed by atoms with van der Waals surface area (Å²) < 4.78 is 0.871. The zero-order valence-electron chi connectivity index (χ0n) is 13.7. The summed E-state index contributed by atoms with van der Waals surface area (Å²) in [5.41, 5.74) is 3.74. The highest BCUT2D eigenvalue weighted by atomic mass is 79.9. The molecule has 2 aromatic carbocycles. The quantitative estimate of drug-likeness (QED) is 0.864. The highest BCUT2D eigenvalue weighted by Crippen LogP contribution is 2.32. The van der Waals surface area contributed by atoms with Crippen molar-refractivity contribution in [2.75, 3.05) is 16.8 Å². The molecule has 1 fully saturated rings. The van der Waals surface area contributed by atoms with Gasteiger partial charge in [0.05, 0.1) is 11.6 Å². The molecule has 2 amide bonds. The molecule has 124 valence electrons. The molecule has 5 heteroatoms. The third kappa shape index (κ3) is 3.36. The number of amides is 2. The van der Waals surface area contributed by atoms with Crippen LogP contribution in [0.3, 0.4) is 0 Å². The lowest BCUT2D eigenvalue weighted by Crippen LogP contribution is -2.28. The topological polar surface area (TPSA) is 49.4 Å². The van der Waals surface area contributed by atoms with Crippen LogP contribution >= 0.6 is 15.9 Å². The Labute approximate surface area is 150 Å². The van der Waals surface area contributed by atoms with E-state index in [0.717, 1.165) is 27.0 Å². The van der Waals surface area contributed by atoms with Crippen LogP contribution in [-0.2, 0) is 9.59 Å². The molecule has 4 nitrogen and oxygen atoms in total. The van der Waals surface area contributed by atoms with E-state index in [1.807, 2.05) is 56.3 Å². The van der Waals surface area contributed by atoms with Gasteiger partial charge in [0.1, 0.15) is 0 Å². The van der Waals surface area contributed by atoms with Crippen molar-refractivity contribution < 1.29 is 9.59 Å².